The van der Waals surface area contributed by atoms with Gasteiger partial charge in [0.05, 0.1) is 0 Å². The van der Waals surface area contributed by atoms with E-state index in [1.807, 2.05) is 0 Å². The van der Waals surface area contributed by atoms with Gasteiger partial charge in [0.15, 0.2) is 0 Å². The zero-order valence-corrected chi connectivity index (χ0v) is 27.0. The molecule has 0 bridgehead atoms. The molecule has 3 saturated carbocycles. The van der Waals surface area contributed by atoms with Crippen molar-refractivity contribution in [3.8, 4) is 0 Å². The van der Waals surface area contributed by atoms with Crippen LogP contribution >= 0.6 is 15.9 Å². The quantitative estimate of drug-likeness (QED) is 0.104. The van der Waals surface area contributed by atoms with E-state index in [4.69, 9.17) is 4.74 Å². The molecule has 0 aromatic carbocycles. The van der Waals surface area contributed by atoms with E-state index in [0.29, 0.717) is 29.1 Å². The highest BCUT2D eigenvalue weighted by molar-refractivity contribution is 9.09. The van der Waals surface area contributed by atoms with Crippen LogP contribution in [0.4, 0.5) is 0 Å². The first kappa shape index (κ1) is 30.4. The van der Waals surface area contributed by atoms with Crippen LogP contribution in [0.5, 0.6) is 0 Å². The SMILES string of the molecule is CC[C@H](/C=C/[C@@H](C)[C@H]1CCC2C3CC=C4C[C@@H](OC(=O)CCCCCBr)CC[C@]4(C)C3CC[C@@]21C)C(C)C. The van der Waals surface area contributed by atoms with E-state index in [1.165, 1.54) is 44.9 Å². The number of fused-ring (bicyclic) bond motifs is 5. The van der Waals surface area contributed by atoms with Gasteiger partial charge in [0.2, 0.25) is 0 Å². The molecule has 9 atom stereocenters. The third-order valence-corrected chi connectivity index (χ3v) is 12.6. The minimum absolute atomic E-state index is 0.0229. The maximum absolute atomic E-state index is 12.5. The van der Waals surface area contributed by atoms with Crippen LogP contribution in [0, 0.1) is 52.3 Å². The van der Waals surface area contributed by atoms with E-state index in [0.717, 1.165) is 67.0 Å². The van der Waals surface area contributed by atoms with Gasteiger partial charge in [-0.05, 0) is 116 Å². The summed E-state index contributed by atoms with van der Waals surface area (Å²) >= 11 is 3.48. The van der Waals surface area contributed by atoms with Gasteiger partial charge in [0.25, 0.3) is 0 Å². The standard InChI is InChI=1S/C35H57BrO2/c1-7-26(24(2)3)13-12-25(4)30-16-17-31-29-15-14-27-23-28(38-33(37)11-9-8-10-22-36)18-20-34(27,5)32(29)19-21-35(30,31)6/h12-14,24-26,28-32H,7-11,15-23H2,1-6H3/b13-12+/t25-,26-,28+,29?,30-,31?,32?,34+,35-/m1/s1. The highest BCUT2D eigenvalue weighted by atomic mass is 79.9. The molecule has 4 aliphatic carbocycles. The molecule has 3 unspecified atom stereocenters. The lowest BCUT2D eigenvalue weighted by atomic mass is 9.47. The fourth-order valence-electron chi connectivity index (χ4n) is 9.70. The van der Waals surface area contributed by atoms with Crippen molar-refractivity contribution in [2.45, 2.75) is 131 Å². The summed E-state index contributed by atoms with van der Waals surface area (Å²) in [6.07, 6.45) is 23.0. The predicted molar refractivity (Wildman–Crippen MR) is 164 cm³/mol. The second kappa shape index (κ2) is 12.9. The van der Waals surface area contributed by atoms with Crippen LogP contribution in [-0.2, 0) is 9.53 Å². The lowest BCUT2D eigenvalue weighted by Gasteiger charge is -2.58. The minimum Gasteiger partial charge on any atom is -0.462 e. The maximum Gasteiger partial charge on any atom is 0.306 e. The molecule has 216 valence electrons. The zero-order chi connectivity index (χ0) is 27.5. The van der Waals surface area contributed by atoms with Crippen molar-refractivity contribution in [2.24, 2.45) is 52.3 Å². The molecule has 4 rings (SSSR count). The molecular formula is C35H57BrO2. The maximum atomic E-state index is 12.5. The Balaban J connectivity index is 1.39. The monoisotopic (exact) mass is 588 g/mol. The van der Waals surface area contributed by atoms with E-state index in [9.17, 15) is 4.79 Å². The first-order valence-corrected chi connectivity index (χ1v) is 17.4. The normalized spacial score (nSPS) is 38.3. The van der Waals surface area contributed by atoms with Crippen molar-refractivity contribution in [2.75, 3.05) is 5.33 Å². The van der Waals surface area contributed by atoms with E-state index >= 15 is 0 Å². The lowest BCUT2D eigenvalue weighted by Crippen LogP contribution is -2.51. The van der Waals surface area contributed by atoms with Crippen molar-refractivity contribution in [3.05, 3.63) is 23.8 Å². The Hall–Kier alpha value is -0.570. The summed E-state index contributed by atoms with van der Waals surface area (Å²) in [5, 5.41) is 1.02. The van der Waals surface area contributed by atoms with Crippen LogP contribution in [0.15, 0.2) is 23.8 Å². The number of carbonyl (C=O) groups is 1. The van der Waals surface area contributed by atoms with Gasteiger partial charge in [0, 0.05) is 18.2 Å². The molecule has 38 heavy (non-hydrogen) atoms. The van der Waals surface area contributed by atoms with Crippen LogP contribution < -0.4 is 0 Å². The van der Waals surface area contributed by atoms with Gasteiger partial charge in [-0.1, -0.05) is 87.7 Å². The molecule has 0 amide bonds. The summed E-state index contributed by atoms with van der Waals surface area (Å²) in [6.45, 7) is 14.8. The first-order valence-electron chi connectivity index (χ1n) is 16.3. The van der Waals surface area contributed by atoms with E-state index in [-0.39, 0.29) is 12.1 Å². The molecule has 0 aromatic heterocycles. The van der Waals surface area contributed by atoms with Gasteiger partial charge in [-0.25, -0.2) is 0 Å². The van der Waals surface area contributed by atoms with Crippen molar-refractivity contribution in [3.63, 3.8) is 0 Å². The lowest BCUT2D eigenvalue weighted by molar-refractivity contribution is -0.151. The van der Waals surface area contributed by atoms with Gasteiger partial charge < -0.3 is 4.74 Å². The van der Waals surface area contributed by atoms with Gasteiger partial charge in [0.1, 0.15) is 6.10 Å². The van der Waals surface area contributed by atoms with Crippen LogP contribution in [-0.4, -0.2) is 17.4 Å². The average molecular weight is 590 g/mol. The summed E-state index contributed by atoms with van der Waals surface area (Å²) in [4.78, 5) is 12.5. The van der Waals surface area contributed by atoms with Crippen LogP contribution in [0.1, 0.15) is 125 Å². The molecule has 3 fully saturated rings. The molecule has 0 aliphatic heterocycles. The van der Waals surface area contributed by atoms with E-state index < -0.39 is 0 Å². The summed E-state index contributed by atoms with van der Waals surface area (Å²) in [5.74, 6) is 5.52. The largest absolute Gasteiger partial charge is 0.462 e. The Morgan fingerprint density at radius 1 is 1.05 bits per heavy atom. The first-order chi connectivity index (χ1) is 18.1. The summed E-state index contributed by atoms with van der Waals surface area (Å²) in [5.41, 5.74) is 2.43. The Bertz CT molecular complexity index is 860. The number of alkyl halides is 1. The third-order valence-electron chi connectivity index (χ3n) is 12.1. The van der Waals surface area contributed by atoms with Crippen LogP contribution in [0.25, 0.3) is 0 Å². The molecule has 0 N–H and O–H groups in total. The Labute approximate surface area is 243 Å². The number of hydrogen-bond acceptors (Lipinski definition) is 2. The highest BCUT2D eigenvalue weighted by Gasteiger charge is 2.59. The third kappa shape index (κ3) is 6.18. The topological polar surface area (TPSA) is 26.3 Å². The minimum atomic E-state index is 0.0229. The van der Waals surface area contributed by atoms with Gasteiger partial charge in [-0.3, -0.25) is 4.79 Å². The number of carbonyl (C=O) groups excluding carboxylic acids is 1. The fraction of sp³-hybridized carbons (Fsp3) is 0.857. The number of hydrogen-bond donors (Lipinski definition) is 0. The van der Waals surface area contributed by atoms with Crippen LogP contribution in [0.2, 0.25) is 0 Å². The number of ether oxygens (including phenoxy) is 1. The molecule has 0 spiro atoms. The summed E-state index contributed by atoms with van der Waals surface area (Å²) < 4.78 is 5.99. The molecule has 3 heteroatoms. The number of unbranched alkanes of at least 4 members (excludes halogenated alkanes) is 2. The second-order valence-corrected chi connectivity index (χ2v) is 15.2. The molecule has 0 heterocycles. The smallest absolute Gasteiger partial charge is 0.306 e. The van der Waals surface area contributed by atoms with Gasteiger partial charge >= 0.3 is 5.97 Å². The Morgan fingerprint density at radius 2 is 1.84 bits per heavy atom. The second-order valence-electron chi connectivity index (χ2n) is 14.4. The highest BCUT2D eigenvalue weighted by Crippen LogP contribution is 2.67. The number of esters is 1. The number of halogens is 1. The number of allylic oxidation sites excluding steroid dienone is 3. The van der Waals surface area contributed by atoms with Crippen molar-refractivity contribution < 1.29 is 9.53 Å². The summed E-state index contributed by atoms with van der Waals surface area (Å²) in [7, 11) is 0. The average Bonchev–Trinajstić information content (AvgIpc) is 3.24. The van der Waals surface area contributed by atoms with Gasteiger partial charge in [-0.2, -0.15) is 0 Å². The molecule has 4 aliphatic rings. The molecule has 0 aromatic rings. The number of rotatable bonds is 11. The molecule has 0 radical (unpaired) electrons. The van der Waals surface area contributed by atoms with Crippen molar-refractivity contribution in [1.82, 2.24) is 0 Å². The van der Waals surface area contributed by atoms with Gasteiger partial charge in [-0.15, -0.1) is 0 Å². The summed E-state index contributed by atoms with van der Waals surface area (Å²) in [6, 6.07) is 0. The molecule has 0 saturated heterocycles. The van der Waals surface area contributed by atoms with Crippen molar-refractivity contribution >= 4 is 21.9 Å². The zero-order valence-electron chi connectivity index (χ0n) is 25.4. The fourth-order valence-corrected chi connectivity index (χ4v) is 10.1. The molecule has 2 nitrogen and oxygen atoms in total. The van der Waals surface area contributed by atoms with Crippen LogP contribution in [0.3, 0.4) is 0 Å². The van der Waals surface area contributed by atoms with E-state index in [2.05, 4.69) is 75.7 Å². The van der Waals surface area contributed by atoms with Crippen molar-refractivity contribution in [1.29, 1.82) is 0 Å². The Kier molecular flexibility index (Phi) is 10.4. The van der Waals surface area contributed by atoms with E-state index in [1.54, 1.807) is 5.57 Å². The molecular weight excluding hydrogens is 532 g/mol. The Morgan fingerprint density at radius 3 is 2.55 bits per heavy atom. The predicted octanol–water partition coefficient (Wildman–Crippen LogP) is 10.3.